The number of aryl methyl sites for hydroxylation is 1. The Morgan fingerprint density at radius 3 is 1.85 bits per heavy atom. The fraction of sp³-hybridized carbons (Fsp3) is 0.0476. The lowest BCUT2D eigenvalue weighted by Crippen LogP contribution is -2.14. The first-order chi connectivity index (χ1) is 12.5. The van der Waals surface area contributed by atoms with E-state index in [9.17, 15) is 9.59 Å². The van der Waals surface area contributed by atoms with Gasteiger partial charge in [-0.3, -0.25) is 9.59 Å². The number of anilines is 3. The average Bonchev–Trinajstić information content (AvgIpc) is 2.64. The van der Waals surface area contributed by atoms with E-state index in [4.69, 9.17) is 5.73 Å². The molecule has 0 bridgehead atoms. The van der Waals surface area contributed by atoms with Gasteiger partial charge < -0.3 is 16.4 Å². The van der Waals surface area contributed by atoms with Gasteiger partial charge in [-0.05, 0) is 55.5 Å². The number of carbonyl (C=O) groups excluding carboxylic acids is 2. The van der Waals surface area contributed by atoms with Crippen molar-refractivity contribution in [3.05, 3.63) is 89.5 Å². The Hall–Kier alpha value is -3.60. The summed E-state index contributed by atoms with van der Waals surface area (Å²) in [6.07, 6.45) is 0. The summed E-state index contributed by atoms with van der Waals surface area (Å²) in [6.45, 7) is 1.97. The van der Waals surface area contributed by atoms with Crippen molar-refractivity contribution >= 4 is 28.9 Å². The molecule has 0 saturated carbocycles. The van der Waals surface area contributed by atoms with E-state index < -0.39 is 0 Å². The number of hydrogen-bond acceptors (Lipinski definition) is 3. The van der Waals surface area contributed by atoms with Gasteiger partial charge in [-0.25, -0.2) is 0 Å². The van der Waals surface area contributed by atoms with E-state index in [-0.39, 0.29) is 11.8 Å². The molecule has 0 spiro atoms. The maximum absolute atomic E-state index is 12.2. The van der Waals surface area contributed by atoms with Crippen molar-refractivity contribution in [1.82, 2.24) is 0 Å². The largest absolute Gasteiger partial charge is 0.398 e. The van der Waals surface area contributed by atoms with Crippen LogP contribution in [0.1, 0.15) is 26.3 Å². The predicted molar refractivity (Wildman–Crippen MR) is 104 cm³/mol. The predicted octanol–water partition coefficient (Wildman–Crippen LogP) is 4.08. The van der Waals surface area contributed by atoms with Crippen LogP contribution in [-0.4, -0.2) is 11.8 Å². The SMILES string of the molecule is Cc1ccc(C(=O)Nc2ccc(NC(=O)c3ccccc3N)cc2)cc1. The van der Waals surface area contributed by atoms with Crippen molar-refractivity contribution in [2.75, 3.05) is 16.4 Å². The van der Waals surface area contributed by atoms with Crippen molar-refractivity contribution in [1.29, 1.82) is 0 Å². The zero-order valence-electron chi connectivity index (χ0n) is 14.3. The van der Waals surface area contributed by atoms with Crippen LogP contribution in [0.15, 0.2) is 72.8 Å². The minimum absolute atomic E-state index is 0.182. The molecule has 26 heavy (non-hydrogen) atoms. The highest BCUT2D eigenvalue weighted by molar-refractivity contribution is 6.08. The standard InChI is InChI=1S/C21H19N3O2/c1-14-6-8-15(9-7-14)20(25)23-16-10-12-17(13-11-16)24-21(26)18-4-2-3-5-19(18)22/h2-13H,22H2,1H3,(H,23,25)(H,24,26). The van der Waals surface area contributed by atoms with Crippen molar-refractivity contribution in [3.8, 4) is 0 Å². The molecule has 0 unspecified atom stereocenters. The molecule has 4 N–H and O–H groups in total. The van der Waals surface area contributed by atoms with Crippen LogP contribution in [0.3, 0.4) is 0 Å². The van der Waals surface area contributed by atoms with E-state index in [1.807, 2.05) is 19.1 Å². The van der Waals surface area contributed by atoms with Crippen LogP contribution in [0.25, 0.3) is 0 Å². The highest BCUT2D eigenvalue weighted by atomic mass is 16.2. The van der Waals surface area contributed by atoms with Gasteiger partial charge in [0.05, 0.1) is 5.56 Å². The highest BCUT2D eigenvalue weighted by Gasteiger charge is 2.10. The molecule has 5 nitrogen and oxygen atoms in total. The van der Waals surface area contributed by atoms with Gasteiger partial charge >= 0.3 is 0 Å². The number of rotatable bonds is 4. The summed E-state index contributed by atoms with van der Waals surface area (Å²) in [7, 11) is 0. The molecule has 3 rings (SSSR count). The zero-order chi connectivity index (χ0) is 18.5. The van der Waals surface area contributed by atoms with Gasteiger partial charge in [0, 0.05) is 22.6 Å². The number of nitrogen functional groups attached to an aromatic ring is 1. The van der Waals surface area contributed by atoms with E-state index in [1.54, 1.807) is 60.7 Å². The molecular formula is C21H19N3O2. The average molecular weight is 345 g/mol. The van der Waals surface area contributed by atoms with Crippen LogP contribution >= 0.6 is 0 Å². The van der Waals surface area contributed by atoms with Gasteiger partial charge in [0.1, 0.15) is 0 Å². The molecule has 0 fully saturated rings. The van der Waals surface area contributed by atoms with Crippen LogP contribution < -0.4 is 16.4 Å². The van der Waals surface area contributed by atoms with Crippen LogP contribution in [0.5, 0.6) is 0 Å². The Bertz CT molecular complexity index is 932. The third-order valence-electron chi connectivity index (χ3n) is 3.92. The topological polar surface area (TPSA) is 84.2 Å². The Balaban J connectivity index is 1.65. The van der Waals surface area contributed by atoms with E-state index >= 15 is 0 Å². The first kappa shape index (κ1) is 17.2. The van der Waals surface area contributed by atoms with Gasteiger partial charge in [-0.15, -0.1) is 0 Å². The van der Waals surface area contributed by atoms with Crippen LogP contribution in [0.2, 0.25) is 0 Å². The van der Waals surface area contributed by atoms with Gasteiger partial charge in [0.2, 0.25) is 0 Å². The lowest BCUT2D eigenvalue weighted by molar-refractivity contribution is 0.101. The molecule has 0 aromatic heterocycles. The number of hydrogen-bond donors (Lipinski definition) is 3. The van der Waals surface area contributed by atoms with Crippen LogP contribution in [-0.2, 0) is 0 Å². The zero-order valence-corrected chi connectivity index (χ0v) is 14.3. The quantitative estimate of drug-likeness (QED) is 0.623. The normalized spacial score (nSPS) is 10.2. The number of benzene rings is 3. The molecule has 5 heteroatoms. The van der Waals surface area contributed by atoms with E-state index in [2.05, 4.69) is 10.6 Å². The molecule has 0 aliphatic heterocycles. The number of nitrogens with one attached hydrogen (secondary N) is 2. The van der Waals surface area contributed by atoms with Crippen molar-refractivity contribution in [2.24, 2.45) is 0 Å². The summed E-state index contributed by atoms with van der Waals surface area (Å²) in [4.78, 5) is 24.5. The molecule has 0 radical (unpaired) electrons. The molecule has 0 aliphatic carbocycles. The minimum atomic E-state index is -0.278. The Morgan fingerprint density at radius 2 is 1.27 bits per heavy atom. The van der Waals surface area contributed by atoms with E-state index in [0.29, 0.717) is 28.2 Å². The monoisotopic (exact) mass is 345 g/mol. The summed E-state index contributed by atoms with van der Waals surface area (Å²) in [6, 6.07) is 21.1. The van der Waals surface area contributed by atoms with Gasteiger partial charge in [0.15, 0.2) is 0 Å². The van der Waals surface area contributed by atoms with Crippen LogP contribution in [0, 0.1) is 6.92 Å². The maximum Gasteiger partial charge on any atom is 0.257 e. The van der Waals surface area contributed by atoms with E-state index in [1.165, 1.54) is 0 Å². The molecule has 0 heterocycles. The number of carbonyl (C=O) groups is 2. The Labute approximate surface area is 151 Å². The molecular weight excluding hydrogens is 326 g/mol. The fourth-order valence-corrected chi connectivity index (χ4v) is 2.45. The van der Waals surface area contributed by atoms with Crippen molar-refractivity contribution in [2.45, 2.75) is 6.92 Å². The molecule has 130 valence electrons. The second kappa shape index (κ2) is 7.53. The molecule has 0 saturated heterocycles. The van der Waals surface area contributed by atoms with Crippen molar-refractivity contribution < 1.29 is 9.59 Å². The number of nitrogens with two attached hydrogens (primary N) is 1. The second-order valence-electron chi connectivity index (χ2n) is 5.94. The van der Waals surface area contributed by atoms with Gasteiger partial charge in [-0.2, -0.15) is 0 Å². The Morgan fingerprint density at radius 1 is 0.731 bits per heavy atom. The van der Waals surface area contributed by atoms with Crippen molar-refractivity contribution in [3.63, 3.8) is 0 Å². The first-order valence-electron chi connectivity index (χ1n) is 8.17. The molecule has 0 aliphatic rings. The van der Waals surface area contributed by atoms with Gasteiger partial charge in [-0.1, -0.05) is 29.8 Å². The minimum Gasteiger partial charge on any atom is -0.398 e. The molecule has 3 aromatic carbocycles. The Kier molecular flexibility index (Phi) is 4.99. The highest BCUT2D eigenvalue weighted by Crippen LogP contribution is 2.17. The smallest absolute Gasteiger partial charge is 0.257 e. The molecule has 3 aromatic rings. The fourth-order valence-electron chi connectivity index (χ4n) is 2.45. The molecule has 2 amide bonds. The molecule has 0 atom stereocenters. The third-order valence-corrected chi connectivity index (χ3v) is 3.92. The second-order valence-corrected chi connectivity index (χ2v) is 5.94. The lowest BCUT2D eigenvalue weighted by Gasteiger charge is -2.09. The van der Waals surface area contributed by atoms with Crippen LogP contribution in [0.4, 0.5) is 17.1 Å². The summed E-state index contributed by atoms with van der Waals surface area (Å²) in [5.41, 5.74) is 9.61. The maximum atomic E-state index is 12.2. The summed E-state index contributed by atoms with van der Waals surface area (Å²) in [5, 5.41) is 5.61. The summed E-state index contributed by atoms with van der Waals surface area (Å²) >= 11 is 0. The first-order valence-corrected chi connectivity index (χ1v) is 8.17. The third kappa shape index (κ3) is 4.08. The van der Waals surface area contributed by atoms with Gasteiger partial charge in [0.25, 0.3) is 11.8 Å². The number of para-hydroxylation sites is 1. The summed E-state index contributed by atoms with van der Waals surface area (Å²) in [5.74, 6) is -0.460. The summed E-state index contributed by atoms with van der Waals surface area (Å²) < 4.78 is 0. The number of amides is 2. The lowest BCUT2D eigenvalue weighted by atomic mass is 10.1. The van der Waals surface area contributed by atoms with E-state index in [0.717, 1.165) is 5.56 Å².